The van der Waals surface area contributed by atoms with Crippen LogP contribution in [0, 0.1) is 11.8 Å². The van der Waals surface area contributed by atoms with Gasteiger partial charge in [-0.25, -0.2) is 0 Å². The van der Waals surface area contributed by atoms with Crippen molar-refractivity contribution in [3.05, 3.63) is 0 Å². The molecule has 2 N–H and O–H groups in total. The van der Waals surface area contributed by atoms with Crippen molar-refractivity contribution in [2.75, 3.05) is 0 Å². The van der Waals surface area contributed by atoms with Crippen molar-refractivity contribution in [1.82, 2.24) is 0 Å². The molecule has 3 nitrogen and oxygen atoms in total. The highest BCUT2D eigenvalue weighted by Gasteiger charge is 2.49. The maximum absolute atomic E-state index is 11.2. The fourth-order valence-corrected chi connectivity index (χ4v) is 2.68. The zero-order chi connectivity index (χ0) is 10.2. The molecule has 0 saturated heterocycles. The van der Waals surface area contributed by atoms with Crippen LogP contribution in [0.15, 0.2) is 0 Å². The van der Waals surface area contributed by atoms with Gasteiger partial charge in [0.15, 0.2) is 0 Å². The van der Waals surface area contributed by atoms with Gasteiger partial charge in [-0.3, -0.25) is 4.57 Å². The van der Waals surface area contributed by atoms with E-state index in [0.29, 0.717) is 0 Å². The minimum absolute atomic E-state index is 0.0288. The molecule has 0 bridgehead atoms. The first-order chi connectivity index (χ1) is 5.14. The van der Waals surface area contributed by atoms with Crippen molar-refractivity contribution in [2.24, 2.45) is 11.8 Å². The van der Waals surface area contributed by atoms with Gasteiger partial charge >= 0.3 is 7.60 Å². The normalized spacial score (nSPS) is 14.4. The molecule has 0 radical (unpaired) electrons. The third kappa shape index (κ3) is 2.22. The Kier molecular flexibility index (Phi) is 4.23. The molecule has 12 heavy (non-hydrogen) atoms. The quantitative estimate of drug-likeness (QED) is 0.479. The van der Waals surface area contributed by atoms with E-state index < -0.39 is 10.8 Å². The highest BCUT2D eigenvalue weighted by Crippen LogP contribution is 2.62. The Hall–Kier alpha value is 0.880. The van der Waals surface area contributed by atoms with Gasteiger partial charge in [-0.1, -0.05) is 50.3 Å². The summed E-state index contributed by atoms with van der Waals surface area (Å²) < 4.78 is 10.3. The molecule has 0 saturated carbocycles. The fourth-order valence-electron chi connectivity index (χ4n) is 1.34. The van der Waals surface area contributed by atoms with Crippen LogP contribution < -0.4 is 0 Å². The summed E-state index contributed by atoms with van der Waals surface area (Å²) in [4.78, 5) is 18.4. The number of hydrogen-bond donors (Lipinski definition) is 2. The van der Waals surface area contributed by atoms with Crippen molar-refractivity contribution < 1.29 is 14.4 Å². The molecule has 0 heterocycles. The zero-order valence-electron chi connectivity index (χ0n) is 7.78. The van der Waals surface area contributed by atoms with Crippen LogP contribution in [0.25, 0.3) is 0 Å². The molecule has 0 aliphatic rings. The monoisotopic (exact) mass is 306 g/mol. The first-order valence-corrected chi connectivity index (χ1v) is 6.57. The van der Waals surface area contributed by atoms with Gasteiger partial charge in [-0.05, 0) is 11.8 Å². The van der Waals surface area contributed by atoms with Crippen LogP contribution in [-0.2, 0) is 4.57 Å². The molecule has 74 valence electrons. The standard InChI is InChI=1S/C7H16IO3P/c1-5(2)7(8,6(3)4)12(9,10)11/h5-6H,1-4H3,(H2,9,10,11). The molecular formula is C7H16IO3P. The SMILES string of the molecule is CC(C)C(I)(C(C)C)P(=O)(O)O. The van der Waals surface area contributed by atoms with E-state index in [1.54, 1.807) is 0 Å². The predicted molar refractivity (Wildman–Crippen MR) is 58.5 cm³/mol. The highest BCUT2D eigenvalue weighted by atomic mass is 127. The van der Waals surface area contributed by atoms with E-state index >= 15 is 0 Å². The lowest BCUT2D eigenvalue weighted by atomic mass is 10.00. The molecule has 0 aromatic rings. The van der Waals surface area contributed by atoms with Crippen LogP contribution in [0.4, 0.5) is 0 Å². The molecule has 0 fully saturated rings. The molecule has 0 spiro atoms. The molecule has 0 aliphatic heterocycles. The van der Waals surface area contributed by atoms with E-state index in [4.69, 9.17) is 0 Å². The van der Waals surface area contributed by atoms with E-state index in [0.717, 1.165) is 0 Å². The highest BCUT2D eigenvalue weighted by molar-refractivity contribution is 14.1. The first kappa shape index (κ1) is 12.9. The second-order valence-electron chi connectivity index (χ2n) is 3.58. The summed E-state index contributed by atoms with van der Waals surface area (Å²) in [6.07, 6.45) is 0. The maximum Gasteiger partial charge on any atom is 0.341 e. The molecule has 0 aliphatic carbocycles. The van der Waals surface area contributed by atoms with E-state index in [1.165, 1.54) is 0 Å². The summed E-state index contributed by atoms with van der Waals surface area (Å²) in [5.74, 6) is -0.0575. The summed E-state index contributed by atoms with van der Waals surface area (Å²) in [7, 11) is -4.01. The largest absolute Gasteiger partial charge is 0.341 e. The Morgan fingerprint density at radius 2 is 1.42 bits per heavy atom. The predicted octanol–water partition coefficient (Wildman–Crippen LogP) is 2.61. The van der Waals surface area contributed by atoms with Crippen molar-refractivity contribution in [3.63, 3.8) is 0 Å². The Morgan fingerprint density at radius 1 is 1.17 bits per heavy atom. The molecule has 0 atom stereocenters. The molecule has 0 aromatic heterocycles. The van der Waals surface area contributed by atoms with Gasteiger partial charge < -0.3 is 9.79 Å². The zero-order valence-corrected chi connectivity index (χ0v) is 10.8. The third-order valence-corrected chi connectivity index (χ3v) is 8.37. The fraction of sp³-hybridized carbons (Fsp3) is 1.00. The second kappa shape index (κ2) is 3.95. The van der Waals surface area contributed by atoms with Gasteiger partial charge in [0.05, 0.1) is 0 Å². The lowest BCUT2D eigenvalue weighted by Crippen LogP contribution is -2.33. The molecule has 5 heteroatoms. The summed E-state index contributed by atoms with van der Waals surface area (Å²) in [6.45, 7) is 7.36. The van der Waals surface area contributed by atoms with E-state index in [-0.39, 0.29) is 11.8 Å². The van der Waals surface area contributed by atoms with Gasteiger partial charge in [0.2, 0.25) is 0 Å². The van der Waals surface area contributed by atoms with Crippen molar-refractivity contribution in [1.29, 1.82) is 0 Å². The van der Waals surface area contributed by atoms with Gasteiger partial charge in [-0.2, -0.15) is 0 Å². The summed E-state index contributed by atoms with van der Waals surface area (Å²) in [5.41, 5.74) is 0. The van der Waals surface area contributed by atoms with Crippen LogP contribution in [0.5, 0.6) is 0 Å². The average Bonchev–Trinajstić information content (AvgIpc) is 1.82. The van der Waals surface area contributed by atoms with Gasteiger partial charge in [0.25, 0.3) is 0 Å². The Morgan fingerprint density at radius 3 is 1.42 bits per heavy atom. The first-order valence-electron chi connectivity index (χ1n) is 3.88. The summed E-state index contributed by atoms with van der Waals surface area (Å²) in [6, 6.07) is 0. The lowest BCUT2D eigenvalue weighted by molar-refractivity contribution is 0.310. The van der Waals surface area contributed by atoms with Crippen LogP contribution in [-0.4, -0.2) is 12.9 Å². The van der Waals surface area contributed by atoms with Crippen LogP contribution >= 0.6 is 30.2 Å². The van der Waals surface area contributed by atoms with E-state index in [1.807, 2.05) is 50.3 Å². The Labute approximate surface area is 87.2 Å². The van der Waals surface area contributed by atoms with Crippen LogP contribution in [0.2, 0.25) is 0 Å². The number of hydrogen-bond acceptors (Lipinski definition) is 1. The summed E-state index contributed by atoms with van der Waals surface area (Å²) in [5, 5.41) is 0. The van der Waals surface area contributed by atoms with Crippen molar-refractivity contribution in [2.45, 2.75) is 30.9 Å². The minimum Gasteiger partial charge on any atom is -0.323 e. The van der Waals surface area contributed by atoms with Gasteiger partial charge in [0, 0.05) is 0 Å². The molecule has 0 unspecified atom stereocenters. The smallest absolute Gasteiger partial charge is 0.323 e. The number of rotatable bonds is 3. The maximum atomic E-state index is 11.2. The minimum atomic E-state index is -4.01. The topological polar surface area (TPSA) is 57.5 Å². The van der Waals surface area contributed by atoms with Crippen LogP contribution in [0.1, 0.15) is 27.7 Å². The molecule has 0 aromatic carbocycles. The van der Waals surface area contributed by atoms with Crippen molar-refractivity contribution in [3.8, 4) is 0 Å². The van der Waals surface area contributed by atoms with Gasteiger partial charge in [0.1, 0.15) is 3.16 Å². The average molecular weight is 306 g/mol. The summed E-state index contributed by atoms with van der Waals surface area (Å²) >= 11 is 1.90. The van der Waals surface area contributed by atoms with Gasteiger partial charge in [-0.15, -0.1) is 0 Å². The molecule has 0 rings (SSSR count). The van der Waals surface area contributed by atoms with Crippen molar-refractivity contribution >= 4 is 30.2 Å². The van der Waals surface area contributed by atoms with Crippen LogP contribution in [0.3, 0.4) is 0 Å². The second-order valence-corrected chi connectivity index (χ2v) is 8.05. The van der Waals surface area contributed by atoms with E-state index in [9.17, 15) is 14.4 Å². The molecule has 0 amide bonds. The molecular weight excluding hydrogens is 290 g/mol. The Balaban J connectivity index is 5.03. The van der Waals surface area contributed by atoms with E-state index in [2.05, 4.69) is 0 Å². The third-order valence-electron chi connectivity index (χ3n) is 2.07. The Bertz CT molecular complexity index is 189. The lowest BCUT2D eigenvalue weighted by Gasteiger charge is -2.35. The number of alkyl halides is 1. The number of halogens is 1.